The molecular weight excluding hydrogens is 250 g/mol. The van der Waals surface area contributed by atoms with Crippen LogP contribution in [0.4, 0.5) is 0 Å². The number of nitrogens with one attached hydrogen (secondary N) is 1. The van der Waals surface area contributed by atoms with Gasteiger partial charge in [-0.3, -0.25) is 9.78 Å². The van der Waals surface area contributed by atoms with E-state index in [1.54, 1.807) is 12.4 Å². The molecule has 0 aliphatic heterocycles. The molecule has 4 nitrogen and oxygen atoms in total. The van der Waals surface area contributed by atoms with Crippen LogP contribution in [0.3, 0.4) is 0 Å². The van der Waals surface area contributed by atoms with Crippen LogP contribution in [0, 0.1) is 0 Å². The molecule has 0 aliphatic rings. The summed E-state index contributed by atoms with van der Waals surface area (Å²) in [5.74, 6) is 0.0397. The first-order valence-electron chi connectivity index (χ1n) is 6.90. The highest BCUT2D eigenvalue weighted by molar-refractivity contribution is 6.17. The molecule has 0 radical (unpaired) electrons. The number of carbonyl (C=O) groups excluding carboxylic acids is 1. The topological polar surface area (TPSA) is 49.0 Å². The van der Waals surface area contributed by atoms with Crippen molar-refractivity contribution >= 4 is 27.7 Å². The molecule has 102 valence electrons. The number of amides is 1. The smallest absolute Gasteiger partial charge is 0.256 e. The van der Waals surface area contributed by atoms with E-state index in [1.807, 2.05) is 43.0 Å². The normalized spacial score (nSPS) is 11.1. The van der Waals surface area contributed by atoms with Gasteiger partial charge in [-0.05, 0) is 19.9 Å². The predicted octanol–water partition coefficient (Wildman–Crippen LogP) is 3.20. The van der Waals surface area contributed by atoms with E-state index in [2.05, 4.69) is 9.97 Å². The van der Waals surface area contributed by atoms with Gasteiger partial charge in [0.1, 0.15) is 0 Å². The van der Waals surface area contributed by atoms with E-state index in [0.717, 1.165) is 21.8 Å². The second kappa shape index (κ2) is 4.96. The van der Waals surface area contributed by atoms with E-state index in [1.165, 1.54) is 0 Å². The largest absolute Gasteiger partial charge is 0.353 e. The van der Waals surface area contributed by atoms with Gasteiger partial charge >= 0.3 is 0 Å². The van der Waals surface area contributed by atoms with Gasteiger partial charge < -0.3 is 9.88 Å². The molecule has 1 N–H and O–H groups in total. The number of aromatic nitrogens is 2. The summed E-state index contributed by atoms with van der Waals surface area (Å²) in [6, 6.07) is 8.02. The van der Waals surface area contributed by atoms with Crippen LogP contribution in [-0.2, 0) is 0 Å². The fourth-order valence-electron chi connectivity index (χ4n) is 2.64. The third-order valence-corrected chi connectivity index (χ3v) is 3.69. The molecular formula is C16H17N3O. The number of aromatic amines is 1. The van der Waals surface area contributed by atoms with Gasteiger partial charge in [0.05, 0.1) is 17.3 Å². The van der Waals surface area contributed by atoms with Gasteiger partial charge in [0.2, 0.25) is 0 Å². The number of fused-ring (bicyclic) bond motifs is 3. The number of para-hydroxylation sites is 1. The van der Waals surface area contributed by atoms with Crippen LogP contribution in [-0.4, -0.2) is 33.9 Å². The Balaban J connectivity index is 2.28. The summed E-state index contributed by atoms with van der Waals surface area (Å²) in [5.41, 5.74) is 2.61. The molecule has 2 aromatic heterocycles. The lowest BCUT2D eigenvalue weighted by atomic mass is 10.1. The minimum atomic E-state index is 0.0397. The van der Waals surface area contributed by atoms with Crippen LogP contribution in [0.2, 0.25) is 0 Å². The first kappa shape index (κ1) is 12.7. The lowest BCUT2D eigenvalue weighted by Crippen LogP contribution is -2.30. The maximum atomic E-state index is 12.6. The van der Waals surface area contributed by atoms with Crippen molar-refractivity contribution in [1.29, 1.82) is 0 Å². The molecule has 4 heteroatoms. The lowest BCUT2D eigenvalue weighted by molar-refractivity contribution is 0.0774. The summed E-state index contributed by atoms with van der Waals surface area (Å²) in [7, 11) is 0. The van der Waals surface area contributed by atoms with Gasteiger partial charge in [0, 0.05) is 35.6 Å². The zero-order chi connectivity index (χ0) is 14.1. The quantitative estimate of drug-likeness (QED) is 0.792. The van der Waals surface area contributed by atoms with Gasteiger partial charge in [-0.25, -0.2) is 0 Å². The van der Waals surface area contributed by atoms with Crippen LogP contribution in [0.25, 0.3) is 21.8 Å². The van der Waals surface area contributed by atoms with E-state index in [0.29, 0.717) is 18.7 Å². The van der Waals surface area contributed by atoms with Crippen molar-refractivity contribution in [2.24, 2.45) is 0 Å². The molecule has 0 spiro atoms. The molecule has 1 amide bonds. The monoisotopic (exact) mass is 267 g/mol. The average Bonchev–Trinajstić information content (AvgIpc) is 2.86. The fourth-order valence-corrected chi connectivity index (χ4v) is 2.64. The highest BCUT2D eigenvalue weighted by Crippen LogP contribution is 2.28. The van der Waals surface area contributed by atoms with Crippen LogP contribution >= 0.6 is 0 Å². The predicted molar refractivity (Wildman–Crippen MR) is 80.9 cm³/mol. The minimum Gasteiger partial charge on any atom is -0.353 e. The highest BCUT2D eigenvalue weighted by Gasteiger charge is 2.18. The summed E-state index contributed by atoms with van der Waals surface area (Å²) < 4.78 is 0. The van der Waals surface area contributed by atoms with E-state index < -0.39 is 0 Å². The second-order valence-electron chi connectivity index (χ2n) is 4.76. The summed E-state index contributed by atoms with van der Waals surface area (Å²) in [5, 5.41) is 2.04. The van der Waals surface area contributed by atoms with Crippen LogP contribution in [0.5, 0.6) is 0 Å². The Labute approximate surface area is 117 Å². The average molecular weight is 267 g/mol. The van der Waals surface area contributed by atoms with Crippen LogP contribution in [0.1, 0.15) is 24.2 Å². The second-order valence-corrected chi connectivity index (χ2v) is 4.76. The molecule has 3 rings (SSSR count). The van der Waals surface area contributed by atoms with Gasteiger partial charge in [0.15, 0.2) is 0 Å². The number of rotatable bonds is 3. The lowest BCUT2D eigenvalue weighted by Gasteiger charge is -2.18. The summed E-state index contributed by atoms with van der Waals surface area (Å²) in [6.07, 6.45) is 3.44. The number of carbonyl (C=O) groups is 1. The molecule has 0 unspecified atom stereocenters. The molecule has 0 fully saturated rings. The zero-order valence-corrected chi connectivity index (χ0v) is 11.7. The van der Waals surface area contributed by atoms with E-state index in [4.69, 9.17) is 0 Å². The minimum absolute atomic E-state index is 0.0397. The number of hydrogen-bond donors (Lipinski definition) is 1. The van der Waals surface area contributed by atoms with Crippen LogP contribution < -0.4 is 0 Å². The van der Waals surface area contributed by atoms with Crippen molar-refractivity contribution in [3.63, 3.8) is 0 Å². The van der Waals surface area contributed by atoms with Crippen molar-refractivity contribution in [1.82, 2.24) is 14.9 Å². The van der Waals surface area contributed by atoms with Crippen molar-refractivity contribution in [2.45, 2.75) is 13.8 Å². The van der Waals surface area contributed by atoms with Crippen molar-refractivity contribution in [3.05, 3.63) is 42.2 Å². The summed E-state index contributed by atoms with van der Waals surface area (Å²) >= 11 is 0. The van der Waals surface area contributed by atoms with Gasteiger partial charge in [0.25, 0.3) is 5.91 Å². The number of pyridine rings is 1. The van der Waals surface area contributed by atoms with E-state index in [9.17, 15) is 4.79 Å². The molecule has 0 saturated carbocycles. The molecule has 0 aliphatic carbocycles. The molecule has 0 bridgehead atoms. The molecule has 20 heavy (non-hydrogen) atoms. The van der Waals surface area contributed by atoms with E-state index in [-0.39, 0.29) is 5.91 Å². The maximum Gasteiger partial charge on any atom is 0.256 e. The Morgan fingerprint density at radius 1 is 1.15 bits per heavy atom. The van der Waals surface area contributed by atoms with Crippen molar-refractivity contribution in [3.8, 4) is 0 Å². The Kier molecular flexibility index (Phi) is 3.14. The Morgan fingerprint density at radius 3 is 2.65 bits per heavy atom. The molecule has 0 atom stereocenters. The van der Waals surface area contributed by atoms with Crippen molar-refractivity contribution < 1.29 is 4.79 Å². The zero-order valence-electron chi connectivity index (χ0n) is 11.7. The molecule has 3 aromatic rings. The number of hydrogen-bond acceptors (Lipinski definition) is 2. The molecule has 1 aromatic carbocycles. The van der Waals surface area contributed by atoms with Crippen molar-refractivity contribution in [2.75, 3.05) is 13.1 Å². The first-order valence-corrected chi connectivity index (χ1v) is 6.90. The summed E-state index contributed by atoms with van der Waals surface area (Å²) in [6.45, 7) is 5.39. The molecule has 2 heterocycles. The molecule has 0 saturated heterocycles. The van der Waals surface area contributed by atoms with Gasteiger partial charge in [-0.1, -0.05) is 18.2 Å². The Hall–Kier alpha value is -2.36. The SMILES string of the molecule is CCN(CC)C(=O)c1cncc2[nH]c3ccccc3c12. The number of H-pyrrole nitrogens is 1. The summed E-state index contributed by atoms with van der Waals surface area (Å²) in [4.78, 5) is 22.0. The first-order chi connectivity index (χ1) is 9.76. The van der Waals surface area contributed by atoms with Crippen LogP contribution in [0.15, 0.2) is 36.7 Å². The Morgan fingerprint density at radius 2 is 1.90 bits per heavy atom. The number of nitrogens with zero attached hydrogens (tertiary/aromatic N) is 2. The third kappa shape index (κ3) is 1.84. The highest BCUT2D eigenvalue weighted by atomic mass is 16.2. The van der Waals surface area contributed by atoms with Gasteiger partial charge in [-0.2, -0.15) is 0 Å². The fraction of sp³-hybridized carbons (Fsp3) is 0.250. The Bertz CT molecular complexity index is 772. The van der Waals surface area contributed by atoms with E-state index >= 15 is 0 Å². The number of benzene rings is 1. The van der Waals surface area contributed by atoms with Gasteiger partial charge in [-0.15, -0.1) is 0 Å². The maximum absolute atomic E-state index is 12.6. The third-order valence-electron chi connectivity index (χ3n) is 3.69. The standard InChI is InChI=1S/C16H17N3O/c1-3-19(4-2)16(20)12-9-17-10-14-15(12)11-7-5-6-8-13(11)18-14/h5-10,18H,3-4H2,1-2H3.